The van der Waals surface area contributed by atoms with Crippen molar-refractivity contribution < 1.29 is 27.9 Å². The van der Waals surface area contributed by atoms with E-state index in [1.165, 1.54) is 5.32 Å². The van der Waals surface area contributed by atoms with Crippen LogP contribution in [0.1, 0.15) is 20.3 Å². The number of urea groups is 1. The third kappa shape index (κ3) is 2.80. The number of carbonyl (C=O) groups excluding carboxylic acids is 1. The van der Waals surface area contributed by atoms with Gasteiger partial charge >= 0.3 is 18.2 Å². The highest BCUT2D eigenvalue weighted by molar-refractivity contribution is 5.87. The number of carboxylic acid groups (broad SMARTS) is 1. The standard InChI is InChI=1S/C9H13F3N2O3/c1-4-3-5(4)13-7(17)14-8(2,6(15)16)9(10,11)12/h4-5H,3H2,1-2H3,(H,15,16)(H2,13,14,17). The molecule has 0 aromatic carbocycles. The predicted octanol–water partition coefficient (Wildman–Crippen LogP) is 1.10. The van der Waals surface area contributed by atoms with E-state index < -0.39 is 23.7 Å². The van der Waals surface area contributed by atoms with E-state index in [0.717, 1.165) is 0 Å². The lowest BCUT2D eigenvalue weighted by atomic mass is 10.0. The molecule has 5 nitrogen and oxygen atoms in total. The van der Waals surface area contributed by atoms with Crippen LogP contribution in [0.3, 0.4) is 0 Å². The average Bonchev–Trinajstić information content (AvgIpc) is 2.78. The molecule has 1 fully saturated rings. The molecule has 1 rings (SSSR count). The molecule has 0 bridgehead atoms. The molecule has 8 heteroatoms. The highest BCUT2D eigenvalue weighted by Gasteiger charge is 2.58. The lowest BCUT2D eigenvalue weighted by molar-refractivity contribution is -0.203. The summed E-state index contributed by atoms with van der Waals surface area (Å²) in [5.74, 6) is -1.94. The van der Waals surface area contributed by atoms with Gasteiger partial charge in [0.1, 0.15) is 0 Å². The van der Waals surface area contributed by atoms with Crippen molar-refractivity contribution in [2.45, 2.75) is 38.0 Å². The molecule has 0 aliphatic heterocycles. The van der Waals surface area contributed by atoms with Crippen molar-refractivity contribution in [1.29, 1.82) is 0 Å². The number of hydrogen-bond donors (Lipinski definition) is 3. The van der Waals surface area contributed by atoms with Crippen molar-refractivity contribution in [3.05, 3.63) is 0 Å². The van der Waals surface area contributed by atoms with Gasteiger partial charge in [-0.15, -0.1) is 0 Å². The largest absolute Gasteiger partial charge is 0.479 e. The summed E-state index contributed by atoms with van der Waals surface area (Å²) in [6.07, 6.45) is -4.38. The molecule has 0 saturated heterocycles. The van der Waals surface area contributed by atoms with Gasteiger partial charge in [0, 0.05) is 6.04 Å². The zero-order valence-electron chi connectivity index (χ0n) is 9.26. The van der Waals surface area contributed by atoms with E-state index in [1.54, 1.807) is 0 Å². The first-order valence-electron chi connectivity index (χ1n) is 4.96. The molecular weight excluding hydrogens is 241 g/mol. The highest BCUT2D eigenvalue weighted by atomic mass is 19.4. The van der Waals surface area contributed by atoms with Crippen LogP contribution in [0.15, 0.2) is 0 Å². The fourth-order valence-electron chi connectivity index (χ4n) is 1.20. The molecule has 0 radical (unpaired) electrons. The number of alkyl halides is 3. The van der Waals surface area contributed by atoms with Crippen molar-refractivity contribution >= 4 is 12.0 Å². The molecule has 3 unspecified atom stereocenters. The summed E-state index contributed by atoms with van der Waals surface area (Å²) in [6, 6.07) is -1.30. The highest BCUT2D eigenvalue weighted by Crippen LogP contribution is 2.31. The molecule has 2 amide bonds. The van der Waals surface area contributed by atoms with E-state index in [9.17, 15) is 22.8 Å². The quantitative estimate of drug-likeness (QED) is 0.705. The summed E-state index contributed by atoms with van der Waals surface area (Å²) in [6.45, 7) is 2.23. The maximum atomic E-state index is 12.5. The molecular formula is C9H13F3N2O3. The van der Waals surface area contributed by atoms with Crippen molar-refractivity contribution in [3.8, 4) is 0 Å². The van der Waals surface area contributed by atoms with E-state index in [1.807, 2.05) is 6.92 Å². The van der Waals surface area contributed by atoms with Crippen LogP contribution in [0, 0.1) is 5.92 Å². The topological polar surface area (TPSA) is 78.4 Å². The van der Waals surface area contributed by atoms with Gasteiger partial charge < -0.3 is 15.7 Å². The zero-order chi connectivity index (χ0) is 13.4. The molecule has 17 heavy (non-hydrogen) atoms. The molecule has 3 N–H and O–H groups in total. The summed E-state index contributed by atoms with van der Waals surface area (Å²) in [5.41, 5.74) is -3.28. The number of carboxylic acids is 1. The molecule has 0 heterocycles. The van der Waals surface area contributed by atoms with E-state index in [2.05, 4.69) is 5.32 Å². The Balaban J connectivity index is 2.67. The Kier molecular flexibility index (Phi) is 3.26. The number of hydrogen-bond acceptors (Lipinski definition) is 2. The number of rotatable bonds is 3. The molecule has 0 aromatic heterocycles. The van der Waals surface area contributed by atoms with Crippen LogP contribution in [0.25, 0.3) is 0 Å². The number of halogens is 3. The van der Waals surface area contributed by atoms with Gasteiger partial charge in [-0.05, 0) is 19.3 Å². The van der Waals surface area contributed by atoms with Gasteiger partial charge in [0.15, 0.2) is 0 Å². The Hall–Kier alpha value is -1.47. The van der Waals surface area contributed by atoms with E-state index in [4.69, 9.17) is 5.11 Å². The van der Waals surface area contributed by atoms with Crippen molar-refractivity contribution in [3.63, 3.8) is 0 Å². The van der Waals surface area contributed by atoms with Crippen LogP contribution in [0.5, 0.6) is 0 Å². The second-order valence-electron chi connectivity index (χ2n) is 4.35. The average molecular weight is 254 g/mol. The van der Waals surface area contributed by atoms with E-state index >= 15 is 0 Å². The Morgan fingerprint density at radius 2 is 1.82 bits per heavy atom. The first-order valence-corrected chi connectivity index (χ1v) is 4.96. The van der Waals surface area contributed by atoms with Crippen LogP contribution in [-0.4, -0.2) is 34.9 Å². The molecule has 98 valence electrons. The minimum absolute atomic E-state index is 0.179. The van der Waals surface area contributed by atoms with Gasteiger partial charge in [-0.2, -0.15) is 13.2 Å². The molecule has 0 spiro atoms. The Morgan fingerprint density at radius 3 is 2.12 bits per heavy atom. The van der Waals surface area contributed by atoms with Crippen LogP contribution >= 0.6 is 0 Å². The van der Waals surface area contributed by atoms with Crippen molar-refractivity contribution in [2.75, 3.05) is 0 Å². The number of amides is 2. The van der Waals surface area contributed by atoms with Crippen molar-refractivity contribution in [2.24, 2.45) is 5.92 Å². The first kappa shape index (κ1) is 13.6. The summed E-state index contributed by atoms with van der Waals surface area (Å²) in [7, 11) is 0. The zero-order valence-corrected chi connectivity index (χ0v) is 9.26. The second-order valence-corrected chi connectivity index (χ2v) is 4.35. The maximum absolute atomic E-state index is 12.5. The third-order valence-electron chi connectivity index (χ3n) is 2.78. The van der Waals surface area contributed by atoms with Crippen LogP contribution in [0.2, 0.25) is 0 Å². The SMILES string of the molecule is CC1CC1NC(=O)NC(C)(C(=O)O)C(F)(F)F. The Labute approximate surface area is 95.4 Å². The maximum Gasteiger partial charge on any atom is 0.422 e. The van der Waals surface area contributed by atoms with Crippen molar-refractivity contribution in [1.82, 2.24) is 10.6 Å². The van der Waals surface area contributed by atoms with Crippen LogP contribution in [-0.2, 0) is 4.79 Å². The smallest absolute Gasteiger partial charge is 0.422 e. The molecule has 1 aliphatic rings. The summed E-state index contributed by atoms with van der Waals surface area (Å²) >= 11 is 0. The number of carbonyl (C=O) groups is 2. The number of aliphatic carboxylic acids is 1. The number of nitrogens with one attached hydrogen (secondary N) is 2. The minimum atomic E-state index is -5.06. The van der Waals surface area contributed by atoms with Gasteiger partial charge in [-0.3, -0.25) is 0 Å². The monoisotopic (exact) mass is 254 g/mol. The van der Waals surface area contributed by atoms with Crippen LogP contribution in [0.4, 0.5) is 18.0 Å². The Bertz CT molecular complexity index is 345. The summed E-state index contributed by atoms with van der Waals surface area (Å²) in [5, 5.41) is 12.3. The fraction of sp³-hybridized carbons (Fsp3) is 0.778. The summed E-state index contributed by atoms with van der Waals surface area (Å²) < 4.78 is 37.6. The first-order chi connectivity index (χ1) is 7.58. The normalized spacial score (nSPS) is 26.9. The van der Waals surface area contributed by atoms with Gasteiger partial charge in [0.05, 0.1) is 0 Å². The predicted molar refractivity (Wildman–Crippen MR) is 51.3 cm³/mol. The van der Waals surface area contributed by atoms with E-state index in [0.29, 0.717) is 13.3 Å². The van der Waals surface area contributed by atoms with Gasteiger partial charge in [0.2, 0.25) is 5.54 Å². The molecule has 3 atom stereocenters. The Morgan fingerprint density at radius 1 is 1.35 bits per heavy atom. The van der Waals surface area contributed by atoms with Crippen LogP contribution < -0.4 is 10.6 Å². The van der Waals surface area contributed by atoms with Gasteiger partial charge in [0.25, 0.3) is 0 Å². The minimum Gasteiger partial charge on any atom is -0.479 e. The van der Waals surface area contributed by atoms with E-state index in [-0.39, 0.29) is 12.0 Å². The fourth-order valence-corrected chi connectivity index (χ4v) is 1.20. The van der Waals surface area contributed by atoms with Gasteiger partial charge in [-0.25, -0.2) is 9.59 Å². The third-order valence-corrected chi connectivity index (χ3v) is 2.78. The summed E-state index contributed by atoms with van der Waals surface area (Å²) in [4.78, 5) is 21.8. The molecule has 1 aliphatic carbocycles. The van der Waals surface area contributed by atoms with Gasteiger partial charge in [-0.1, -0.05) is 6.92 Å². The molecule has 1 saturated carbocycles. The lowest BCUT2D eigenvalue weighted by Gasteiger charge is -2.28. The second kappa shape index (κ2) is 4.08. The molecule has 0 aromatic rings. The lowest BCUT2D eigenvalue weighted by Crippen LogP contribution is -2.63.